The van der Waals surface area contributed by atoms with Crippen LogP contribution < -0.4 is 5.73 Å². The Kier molecular flexibility index (Phi) is 4.12. The van der Waals surface area contributed by atoms with Crippen LogP contribution in [-0.2, 0) is 0 Å². The minimum atomic E-state index is -0.528. The molecule has 0 aromatic heterocycles. The molecule has 0 aliphatic rings. The number of hydrogen-bond donors (Lipinski definition) is 3. The Bertz CT molecular complexity index is 312. The fourth-order valence-corrected chi connectivity index (χ4v) is 1.61. The number of aliphatic hydroxyl groups excluding tert-OH is 1. The average Bonchev–Trinajstić information content (AvgIpc) is 2.18. The third kappa shape index (κ3) is 3.22. The van der Waals surface area contributed by atoms with Gasteiger partial charge < -0.3 is 15.9 Å². The Hall–Kier alpha value is -1.06. The Balaban J connectivity index is 2.69. The van der Waals surface area contributed by atoms with E-state index in [-0.39, 0.29) is 17.7 Å². The molecule has 3 nitrogen and oxygen atoms in total. The average molecular weight is 209 g/mol. The molecule has 15 heavy (non-hydrogen) atoms. The van der Waals surface area contributed by atoms with Gasteiger partial charge in [-0.15, -0.1) is 0 Å². The first-order valence-electron chi connectivity index (χ1n) is 5.24. The van der Waals surface area contributed by atoms with Crippen LogP contribution in [0.25, 0.3) is 0 Å². The maximum Gasteiger partial charge on any atom is 0.119 e. The molecule has 0 saturated carbocycles. The minimum Gasteiger partial charge on any atom is -0.508 e. The van der Waals surface area contributed by atoms with Gasteiger partial charge in [-0.05, 0) is 30.9 Å². The topological polar surface area (TPSA) is 66.5 Å². The molecule has 0 fully saturated rings. The SMILES string of the molecule is CC(CC(O)C(C)N)c1ccccc1O. The van der Waals surface area contributed by atoms with Gasteiger partial charge in [0.25, 0.3) is 0 Å². The van der Waals surface area contributed by atoms with Crippen molar-refractivity contribution < 1.29 is 10.2 Å². The Labute approximate surface area is 90.5 Å². The summed E-state index contributed by atoms with van der Waals surface area (Å²) >= 11 is 0. The Morgan fingerprint density at radius 1 is 1.27 bits per heavy atom. The van der Waals surface area contributed by atoms with Gasteiger partial charge in [-0.3, -0.25) is 0 Å². The first kappa shape index (κ1) is 12.0. The van der Waals surface area contributed by atoms with Crippen LogP contribution >= 0.6 is 0 Å². The number of rotatable bonds is 4. The van der Waals surface area contributed by atoms with E-state index in [1.807, 2.05) is 19.1 Å². The highest BCUT2D eigenvalue weighted by molar-refractivity contribution is 5.34. The summed E-state index contributed by atoms with van der Waals surface area (Å²) in [6.45, 7) is 3.75. The van der Waals surface area contributed by atoms with Crippen molar-refractivity contribution in [2.24, 2.45) is 5.73 Å². The van der Waals surface area contributed by atoms with E-state index < -0.39 is 6.10 Å². The molecule has 4 N–H and O–H groups in total. The first-order valence-corrected chi connectivity index (χ1v) is 5.24. The lowest BCUT2D eigenvalue weighted by molar-refractivity contribution is 0.134. The van der Waals surface area contributed by atoms with Crippen molar-refractivity contribution in [1.82, 2.24) is 0 Å². The second-order valence-corrected chi connectivity index (χ2v) is 4.12. The van der Waals surface area contributed by atoms with E-state index in [4.69, 9.17) is 5.73 Å². The summed E-state index contributed by atoms with van der Waals surface area (Å²) < 4.78 is 0. The molecule has 0 radical (unpaired) electrons. The molecule has 3 atom stereocenters. The maximum absolute atomic E-state index is 9.64. The highest BCUT2D eigenvalue weighted by Gasteiger charge is 2.17. The van der Waals surface area contributed by atoms with Crippen molar-refractivity contribution in [1.29, 1.82) is 0 Å². The van der Waals surface area contributed by atoms with Gasteiger partial charge in [0.15, 0.2) is 0 Å². The molecule has 1 aromatic rings. The number of hydrogen-bond acceptors (Lipinski definition) is 3. The number of para-hydroxylation sites is 1. The molecule has 0 heterocycles. The standard InChI is InChI=1S/C12H19NO2/c1-8(7-12(15)9(2)13)10-5-3-4-6-11(10)14/h3-6,8-9,12,14-15H,7,13H2,1-2H3. The van der Waals surface area contributed by atoms with E-state index in [2.05, 4.69) is 0 Å². The number of phenolic OH excluding ortho intramolecular Hbond substituents is 1. The molecular formula is C12H19NO2. The summed E-state index contributed by atoms with van der Waals surface area (Å²) in [5, 5.41) is 19.3. The predicted octanol–water partition coefficient (Wildman–Crippen LogP) is 1.59. The van der Waals surface area contributed by atoms with Crippen LogP contribution in [0.15, 0.2) is 24.3 Å². The number of aliphatic hydroxyl groups is 1. The molecule has 0 amide bonds. The van der Waals surface area contributed by atoms with Crippen LogP contribution in [0.4, 0.5) is 0 Å². The van der Waals surface area contributed by atoms with Crippen LogP contribution in [0.1, 0.15) is 31.7 Å². The van der Waals surface area contributed by atoms with Gasteiger partial charge >= 0.3 is 0 Å². The maximum atomic E-state index is 9.64. The Morgan fingerprint density at radius 2 is 1.87 bits per heavy atom. The quantitative estimate of drug-likeness (QED) is 0.705. The van der Waals surface area contributed by atoms with Crippen molar-refractivity contribution in [3.63, 3.8) is 0 Å². The number of phenols is 1. The summed E-state index contributed by atoms with van der Waals surface area (Å²) in [6.07, 6.45) is 0.0366. The molecule has 0 spiro atoms. The highest BCUT2D eigenvalue weighted by atomic mass is 16.3. The second kappa shape index (κ2) is 5.14. The summed E-state index contributed by atoms with van der Waals surface area (Å²) in [6, 6.07) is 6.95. The van der Waals surface area contributed by atoms with Crippen LogP contribution in [0.5, 0.6) is 5.75 Å². The van der Waals surface area contributed by atoms with Crippen LogP contribution in [0.3, 0.4) is 0 Å². The highest BCUT2D eigenvalue weighted by Crippen LogP contribution is 2.28. The lowest BCUT2D eigenvalue weighted by Gasteiger charge is -2.20. The van der Waals surface area contributed by atoms with Crippen molar-refractivity contribution in [3.05, 3.63) is 29.8 Å². The lowest BCUT2D eigenvalue weighted by Crippen LogP contribution is -2.32. The van der Waals surface area contributed by atoms with Gasteiger partial charge in [0, 0.05) is 6.04 Å². The summed E-state index contributed by atoms with van der Waals surface area (Å²) in [4.78, 5) is 0. The second-order valence-electron chi connectivity index (χ2n) is 4.12. The van der Waals surface area contributed by atoms with Gasteiger partial charge in [-0.25, -0.2) is 0 Å². The van der Waals surface area contributed by atoms with E-state index in [1.165, 1.54) is 0 Å². The van der Waals surface area contributed by atoms with Gasteiger partial charge in [0.05, 0.1) is 6.10 Å². The number of aromatic hydroxyl groups is 1. The molecule has 0 saturated heterocycles. The smallest absolute Gasteiger partial charge is 0.119 e. The summed E-state index contributed by atoms with van der Waals surface area (Å²) in [5.41, 5.74) is 6.45. The fourth-order valence-electron chi connectivity index (χ4n) is 1.61. The van der Waals surface area contributed by atoms with Crippen molar-refractivity contribution in [3.8, 4) is 5.75 Å². The minimum absolute atomic E-state index is 0.104. The molecule has 84 valence electrons. The molecule has 0 aliphatic carbocycles. The molecule has 0 aliphatic heterocycles. The van der Waals surface area contributed by atoms with Gasteiger partial charge in [-0.2, -0.15) is 0 Å². The molecule has 3 unspecified atom stereocenters. The van der Waals surface area contributed by atoms with E-state index in [0.717, 1.165) is 5.56 Å². The molecule has 0 bridgehead atoms. The van der Waals surface area contributed by atoms with Crippen LogP contribution in [-0.4, -0.2) is 22.4 Å². The third-order valence-electron chi connectivity index (χ3n) is 2.67. The van der Waals surface area contributed by atoms with Gasteiger partial charge in [0.1, 0.15) is 5.75 Å². The molecular weight excluding hydrogens is 190 g/mol. The van der Waals surface area contributed by atoms with Crippen LogP contribution in [0.2, 0.25) is 0 Å². The van der Waals surface area contributed by atoms with E-state index >= 15 is 0 Å². The zero-order chi connectivity index (χ0) is 11.4. The zero-order valence-electron chi connectivity index (χ0n) is 9.22. The number of nitrogens with two attached hydrogens (primary N) is 1. The predicted molar refractivity (Wildman–Crippen MR) is 60.8 cm³/mol. The monoisotopic (exact) mass is 209 g/mol. The Morgan fingerprint density at radius 3 is 2.40 bits per heavy atom. The molecule has 1 rings (SSSR count). The molecule has 3 heteroatoms. The van der Waals surface area contributed by atoms with Crippen molar-refractivity contribution in [2.75, 3.05) is 0 Å². The zero-order valence-corrected chi connectivity index (χ0v) is 9.22. The summed E-state index contributed by atoms with van der Waals surface area (Å²) in [7, 11) is 0. The van der Waals surface area contributed by atoms with Crippen molar-refractivity contribution in [2.45, 2.75) is 38.3 Å². The van der Waals surface area contributed by atoms with Gasteiger partial charge in [0.2, 0.25) is 0 Å². The third-order valence-corrected chi connectivity index (χ3v) is 2.67. The lowest BCUT2D eigenvalue weighted by atomic mass is 9.92. The fraction of sp³-hybridized carbons (Fsp3) is 0.500. The van der Waals surface area contributed by atoms with Gasteiger partial charge in [-0.1, -0.05) is 25.1 Å². The van der Waals surface area contributed by atoms with E-state index in [1.54, 1.807) is 19.1 Å². The number of benzene rings is 1. The van der Waals surface area contributed by atoms with E-state index in [0.29, 0.717) is 6.42 Å². The van der Waals surface area contributed by atoms with Crippen molar-refractivity contribution >= 4 is 0 Å². The first-order chi connectivity index (χ1) is 7.02. The van der Waals surface area contributed by atoms with E-state index in [9.17, 15) is 10.2 Å². The largest absolute Gasteiger partial charge is 0.508 e. The summed E-state index contributed by atoms with van der Waals surface area (Å²) in [5.74, 6) is 0.383. The normalized spacial score (nSPS) is 17.1. The van der Waals surface area contributed by atoms with Crippen LogP contribution in [0, 0.1) is 0 Å². The molecule has 1 aromatic carbocycles.